The standard InChI is InChI=1S/C18H22Cl2N2OS/c1-2-3-4-5-6-7-8-17(23)22-18-21-16(12-24-18)13-9-10-14(19)15(20)11-13/h9-12H,2-8H2,1H3,(H,21,22,23). The van der Waals surface area contributed by atoms with Crippen LogP contribution >= 0.6 is 34.5 Å². The van der Waals surface area contributed by atoms with Crippen molar-refractivity contribution in [3.8, 4) is 11.3 Å². The lowest BCUT2D eigenvalue weighted by atomic mass is 10.1. The highest BCUT2D eigenvalue weighted by atomic mass is 35.5. The van der Waals surface area contributed by atoms with Crippen molar-refractivity contribution in [2.45, 2.75) is 51.9 Å². The van der Waals surface area contributed by atoms with Crippen LogP contribution in [-0.2, 0) is 4.79 Å². The van der Waals surface area contributed by atoms with Crippen molar-refractivity contribution in [2.75, 3.05) is 5.32 Å². The highest BCUT2D eigenvalue weighted by molar-refractivity contribution is 7.14. The van der Waals surface area contributed by atoms with Crippen LogP contribution in [-0.4, -0.2) is 10.9 Å². The smallest absolute Gasteiger partial charge is 0.226 e. The van der Waals surface area contributed by atoms with Gasteiger partial charge in [-0.25, -0.2) is 4.98 Å². The molecule has 0 spiro atoms. The van der Waals surface area contributed by atoms with Crippen LogP contribution in [0, 0.1) is 0 Å². The largest absolute Gasteiger partial charge is 0.302 e. The molecule has 0 saturated carbocycles. The number of anilines is 1. The molecule has 6 heteroatoms. The molecule has 1 aromatic carbocycles. The van der Waals surface area contributed by atoms with Gasteiger partial charge in [0.25, 0.3) is 0 Å². The summed E-state index contributed by atoms with van der Waals surface area (Å²) in [4.78, 5) is 16.4. The second-order valence-electron chi connectivity index (χ2n) is 5.73. The number of rotatable bonds is 9. The first kappa shape index (κ1) is 19.2. The van der Waals surface area contributed by atoms with Crippen molar-refractivity contribution in [3.05, 3.63) is 33.6 Å². The number of hydrogen-bond acceptors (Lipinski definition) is 3. The van der Waals surface area contributed by atoms with Gasteiger partial charge in [-0.05, 0) is 18.6 Å². The van der Waals surface area contributed by atoms with Crippen molar-refractivity contribution in [2.24, 2.45) is 0 Å². The molecule has 0 aliphatic rings. The second kappa shape index (κ2) is 10.0. The molecule has 0 aliphatic heterocycles. The van der Waals surface area contributed by atoms with E-state index in [2.05, 4.69) is 17.2 Å². The van der Waals surface area contributed by atoms with E-state index >= 15 is 0 Å². The van der Waals surface area contributed by atoms with Crippen molar-refractivity contribution in [3.63, 3.8) is 0 Å². The summed E-state index contributed by atoms with van der Waals surface area (Å²) in [5.74, 6) is 0.0283. The van der Waals surface area contributed by atoms with E-state index in [1.807, 2.05) is 11.4 Å². The summed E-state index contributed by atoms with van der Waals surface area (Å²) in [6, 6.07) is 5.39. The molecule has 0 bridgehead atoms. The Balaban J connectivity index is 1.80. The molecule has 0 aliphatic carbocycles. The molecule has 0 atom stereocenters. The van der Waals surface area contributed by atoms with Gasteiger partial charge in [0.15, 0.2) is 5.13 Å². The van der Waals surface area contributed by atoms with Crippen molar-refractivity contribution in [1.29, 1.82) is 0 Å². The lowest BCUT2D eigenvalue weighted by Crippen LogP contribution is -2.10. The highest BCUT2D eigenvalue weighted by Crippen LogP contribution is 2.30. The van der Waals surface area contributed by atoms with Gasteiger partial charge in [-0.2, -0.15) is 0 Å². The van der Waals surface area contributed by atoms with E-state index in [0.717, 1.165) is 24.1 Å². The Labute approximate surface area is 157 Å². The predicted octanol–water partition coefficient (Wildman–Crippen LogP) is 6.81. The summed E-state index contributed by atoms with van der Waals surface area (Å²) >= 11 is 13.4. The Morgan fingerprint density at radius 1 is 1.12 bits per heavy atom. The molecule has 24 heavy (non-hydrogen) atoms. The number of amides is 1. The quantitative estimate of drug-likeness (QED) is 0.482. The maximum atomic E-state index is 12.0. The zero-order valence-corrected chi connectivity index (χ0v) is 16.1. The maximum absolute atomic E-state index is 12.0. The highest BCUT2D eigenvalue weighted by Gasteiger charge is 2.09. The third-order valence-electron chi connectivity index (χ3n) is 3.72. The maximum Gasteiger partial charge on any atom is 0.226 e. The number of thiazole rings is 1. The van der Waals surface area contributed by atoms with Crippen LogP contribution in [0.1, 0.15) is 51.9 Å². The Morgan fingerprint density at radius 2 is 1.88 bits per heavy atom. The first-order valence-corrected chi connectivity index (χ1v) is 9.94. The van der Waals surface area contributed by atoms with Gasteiger partial charge in [-0.15, -0.1) is 11.3 Å². The molecule has 130 valence electrons. The van der Waals surface area contributed by atoms with E-state index in [1.165, 1.54) is 37.0 Å². The third kappa shape index (κ3) is 6.08. The molecule has 0 fully saturated rings. The van der Waals surface area contributed by atoms with Crippen LogP contribution in [0.5, 0.6) is 0 Å². The minimum atomic E-state index is 0.0283. The Bertz CT molecular complexity index is 673. The molecular weight excluding hydrogens is 363 g/mol. The number of carbonyl (C=O) groups is 1. The monoisotopic (exact) mass is 384 g/mol. The Morgan fingerprint density at radius 3 is 2.62 bits per heavy atom. The van der Waals surface area contributed by atoms with Gasteiger partial charge in [0, 0.05) is 17.4 Å². The van der Waals surface area contributed by atoms with Crippen LogP contribution in [0.3, 0.4) is 0 Å². The minimum absolute atomic E-state index is 0.0283. The number of carbonyl (C=O) groups excluding carboxylic acids is 1. The van der Waals surface area contributed by atoms with Crippen LogP contribution in [0.2, 0.25) is 10.0 Å². The summed E-state index contributed by atoms with van der Waals surface area (Å²) in [6.07, 6.45) is 7.58. The first-order valence-electron chi connectivity index (χ1n) is 8.31. The van der Waals surface area contributed by atoms with Gasteiger partial charge in [0.1, 0.15) is 0 Å². The van der Waals surface area contributed by atoms with E-state index in [0.29, 0.717) is 21.6 Å². The van der Waals surface area contributed by atoms with Gasteiger partial charge in [-0.3, -0.25) is 4.79 Å². The van der Waals surface area contributed by atoms with Crippen LogP contribution in [0.15, 0.2) is 23.6 Å². The molecule has 0 unspecified atom stereocenters. The number of unbranched alkanes of at least 4 members (excludes halogenated alkanes) is 5. The molecule has 0 radical (unpaired) electrons. The number of halogens is 2. The van der Waals surface area contributed by atoms with Gasteiger partial charge in [0.05, 0.1) is 15.7 Å². The summed E-state index contributed by atoms with van der Waals surface area (Å²) in [5.41, 5.74) is 1.67. The average Bonchev–Trinajstić information content (AvgIpc) is 3.02. The Hall–Kier alpha value is -1.10. The van der Waals surface area contributed by atoms with E-state index in [-0.39, 0.29) is 5.91 Å². The van der Waals surface area contributed by atoms with Crippen LogP contribution in [0.4, 0.5) is 5.13 Å². The molecule has 1 heterocycles. The van der Waals surface area contributed by atoms with Crippen LogP contribution in [0.25, 0.3) is 11.3 Å². The number of nitrogens with one attached hydrogen (secondary N) is 1. The molecule has 1 aromatic heterocycles. The number of nitrogens with zero attached hydrogens (tertiary/aromatic N) is 1. The third-order valence-corrected chi connectivity index (χ3v) is 5.22. The van der Waals surface area contributed by atoms with Crippen molar-refractivity contribution >= 4 is 45.6 Å². The summed E-state index contributed by atoms with van der Waals surface area (Å²) < 4.78 is 0. The number of benzene rings is 1. The van der Waals surface area contributed by atoms with E-state index < -0.39 is 0 Å². The first-order chi connectivity index (χ1) is 11.6. The summed E-state index contributed by atoms with van der Waals surface area (Å²) in [5, 5.41) is 6.40. The number of aromatic nitrogens is 1. The fraction of sp³-hybridized carbons (Fsp3) is 0.444. The lowest BCUT2D eigenvalue weighted by molar-refractivity contribution is -0.116. The predicted molar refractivity (Wildman–Crippen MR) is 104 cm³/mol. The normalized spacial score (nSPS) is 10.8. The molecular formula is C18H22Cl2N2OS. The van der Waals surface area contributed by atoms with Gasteiger partial charge >= 0.3 is 0 Å². The fourth-order valence-corrected chi connectivity index (χ4v) is 3.40. The van der Waals surface area contributed by atoms with E-state index in [9.17, 15) is 4.79 Å². The zero-order chi connectivity index (χ0) is 17.4. The lowest BCUT2D eigenvalue weighted by Gasteiger charge is -2.02. The molecule has 0 saturated heterocycles. The second-order valence-corrected chi connectivity index (χ2v) is 7.41. The molecule has 1 amide bonds. The van der Waals surface area contributed by atoms with Crippen molar-refractivity contribution < 1.29 is 4.79 Å². The van der Waals surface area contributed by atoms with E-state index in [4.69, 9.17) is 23.2 Å². The van der Waals surface area contributed by atoms with Gasteiger partial charge in [0.2, 0.25) is 5.91 Å². The number of hydrogen-bond donors (Lipinski definition) is 1. The molecule has 2 rings (SSSR count). The zero-order valence-electron chi connectivity index (χ0n) is 13.8. The summed E-state index contributed by atoms with van der Waals surface area (Å²) in [7, 11) is 0. The topological polar surface area (TPSA) is 42.0 Å². The van der Waals surface area contributed by atoms with Gasteiger partial charge < -0.3 is 5.32 Å². The van der Waals surface area contributed by atoms with Crippen molar-refractivity contribution in [1.82, 2.24) is 4.98 Å². The summed E-state index contributed by atoms with van der Waals surface area (Å²) in [6.45, 7) is 2.20. The SMILES string of the molecule is CCCCCCCCC(=O)Nc1nc(-c2ccc(Cl)c(Cl)c2)cs1. The molecule has 3 nitrogen and oxygen atoms in total. The average molecular weight is 385 g/mol. The van der Waals surface area contributed by atoms with E-state index in [1.54, 1.807) is 12.1 Å². The van der Waals surface area contributed by atoms with Crippen LogP contribution < -0.4 is 5.32 Å². The fourth-order valence-electron chi connectivity index (χ4n) is 2.37. The minimum Gasteiger partial charge on any atom is -0.302 e. The molecule has 2 aromatic rings. The molecule has 1 N–H and O–H groups in total. The van der Waals surface area contributed by atoms with Gasteiger partial charge in [-0.1, -0.05) is 68.3 Å². The Kier molecular flexibility index (Phi) is 8.03.